The minimum Gasteiger partial charge on any atom is -0.492 e. The molecule has 1 atom stereocenters. The van der Waals surface area contributed by atoms with Gasteiger partial charge in [0.05, 0.1) is 4.99 Å². The molecule has 19 heavy (non-hydrogen) atoms. The van der Waals surface area contributed by atoms with Gasteiger partial charge >= 0.3 is 0 Å². The van der Waals surface area contributed by atoms with E-state index in [1.54, 1.807) is 0 Å². The van der Waals surface area contributed by atoms with Gasteiger partial charge in [0.2, 0.25) is 0 Å². The normalized spacial score (nSPS) is 19.5. The fraction of sp³-hybridized carbons (Fsp3) is 0.533. The lowest BCUT2D eigenvalue weighted by Crippen LogP contribution is -2.25. The number of nitrogens with two attached hydrogens (primary N) is 1. The van der Waals surface area contributed by atoms with Crippen LogP contribution in [0.15, 0.2) is 24.3 Å². The van der Waals surface area contributed by atoms with Gasteiger partial charge in [0, 0.05) is 19.5 Å². The zero-order valence-electron chi connectivity index (χ0n) is 11.5. The maximum atomic E-state index is 5.76. The summed E-state index contributed by atoms with van der Waals surface area (Å²) in [5, 5.41) is 0. The largest absolute Gasteiger partial charge is 0.492 e. The Morgan fingerprint density at radius 2 is 2.16 bits per heavy atom. The second-order valence-electron chi connectivity index (χ2n) is 5.33. The number of benzene rings is 1. The highest BCUT2D eigenvalue weighted by Crippen LogP contribution is 2.15. The van der Waals surface area contributed by atoms with Gasteiger partial charge < -0.3 is 10.5 Å². The van der Waals surface area contributed by atoms with Crippen LogP contribution in [0.1, 0.15) is 18.9 Å². The third kappa shape index (κ3) is 4.80. The monoisotopic (exact) mass is 278 g/mol. The first-order chi connectivity index (χ1) is 9.13. The molecule has 1 heterocycles. The molecule has 1 aromatic rings. The van der Waals surface area contributed by atoms with Crippen LogP contribution in [0.2, 0.25) is 0 Å². The van der Waals surface area contributed by atoms with Gasteiger partial charge in [0.1, 0.15) is 12.4 Å². The van der Waals surface area contributed by atoms with E-state index in [0.717, 1.165) is 30.4 Å². The molecule has 4 heteroatoms. The molecular weight excluding hydrogens is 256 g/mol. The third-order valence-electron chi connectivity index (χ3n) is 3.49. The Labute approximate surface area is 120 Å². The number of hydrogen-bond acceptors (Lipinski definition) is 3. The fourth-order valence-corrected chi connectivity index (χ4v) is 2.59. The molecule has 1 aliphatic rings. The molecule has 2 N–H and O–H groups in total. The molecule has 0 bridgehead atoms. The second kappa shape index (κ2) is 6.87. The predicted octanol–water partition coefficient (Wildman–Crippen LogP) is 2.24. The summed E-state index contributed by atoms with van der Waals surface area (Å²) in [5.41, 5.74) is 6.65. The van der Waals surface area contributed by atoms with E-state index < -0.39 is 0 Å². The van der Waals surface area contributed by atoms with Crippen molar-refractivity contribution in [3.05, 3.63) is 29.8 Å². The Morgan fingerprint density at radius 1 is 1.42 bits per heavy atom. The number of ether oxygens (including phenoxy) is 1. The number of rotatable bonds is 6. The van der Waals surface area contributed by atoms with Gasteiger partial charge in [-0.3, -0.25) is 4.90 Å². The van der Waals surface area contributed by atoms with Gasteiger partial charge in [0.15, 0.2) is 0 Å². The quantitative estimate of drug-likeness (QED) is 0.810. The topological polar surface area (TPSA) is 38.5 Å². The summed E-state index contributed by atoms with van der Waals surface area (Å²) < 4.78 is 5.76. The number of likely N-dealkylation sites (tertiary alicyclic amines) is 1. The van der Waals surface area contributed by atoms with Gasteiger partial charge in [-0.25, -0.2) is 0 Å². The van der Waals surface area contributed by atoms with E-state index in [9.17, 15) is 0 Å². The van der Waals surface area contributed by atoms with Crippen LogP contribution in [0.4, 0.5) is 0 Å². The molecule has 1 aliphatic heterocycles. The number of thiocarbonyl (C=S) groups is 1. The van der Waals surface area contributed by atoms with Crippen LogP contribution in [0.5, 0.6) is 5.75 Å². The van der Waals surface area contributed by atoms with Crippen molar-refractivity contribution in [3.8, 4) is 5.75 Å². The molecule has 1 saturated heterocycles. The van der Waals surface area contributed by atoms with Crippen molar-refractivity contribution in [2.75, 3.05) is 26.2 Å². The Hall–Kier alpha value is -1.13. The Morgan fingerprint density at radius 3 is 2.74 bits per heavy atom. The third-order valence-corrected chi connectivity index (χ3v) is 3.63. The summed E-state index contributed by atoms with van der Waals surface area (Å²) in [4.78, 5) is 2.99. The van der Waals surface area contributed by atoms with E-state index in [0.29, 0.717) is 11.4 Å². The van der Waals surface area contributed by atoms with Crippen LogP contribution < -0.4 is 10.5 Å². The molecule has 1 fully saturated rings. The van der Waals surface area contributed by atoms with Crippen LogP contribution >= 0.6 is 12.2 Å². The summed E-state index contributed by atoms with van der Waals surface area (Å²) in [6, 6.07) is 8.01. The first kappa shape index (κ1) is 14.3. The van der Waals surface area contributed by atoms with Crippen molar-refractivity contribution in [2.45, 2.75) is 19.8 Å². The first-order valence-electron chi connectivity index (χ1n) is 6.86. The van der Waals surface area contributed by atoms with E-state index in [4.69, 9.17) is 22.7 Å². The molecule has 0 spiro atoms. The van der Waals surface area contributed by atoms with Crippen molar-refractivity contribution >= 4 is 17.2 Å². The van der Waals surface area contributed by atoms with Gasteiger partial charge in [-0.2, -0.15) is 0 Å². The summed E-state index contributed by atoms with van der Waals surface area (Å²) >= 11 is 4.89. The molecule has 0 amide bonds. The van der Waals surface area contributed by atoms with Gasteiger partial charge in [0.25, 0.3) is 0 Å². The Kier molecular flexibility index (Phi) is 5.16. The average molecular weight is 278 g/mol. The van der Waals surface area contributed by atoms with Gasteiger partial charge in [-0.05, 0) is 36.6 Å². The lowest BCUT2D eigenvalue weighted by molar-refractivity contribution is 0.234. The van der Waals surface area contributed by atoms with Gasteiger partial charge in [-0.15, -0.1) is 0 Å². The maximum Gasteiger partial charge on any atom is 0.119 e. The van der Waals surface area contributed by atoms with Gasteiger partial charge in [-0.1, -0.05) is 31.3 Å². The maximum absolute atomic E-state index is 5.76. The average Bonchev–Trinajstić information content (AvgIpc) is 2.77. The molecule has 0 aliphatic carbocycles. The SMILES string of the molecule is CC1CCN(CCOc2ccc(CC(N)=S)cc2)C1. The zero-order valence-corrected chi connectivity index (χ0v) is 12.3. The van der Waals surface area contributed by atoms with Crippen molar-refractivity contribution < 1.29 is 4.74 Å². The van der Waals surface area contributed by atoms with E-state index in [-0.39, 0.29) is 0 Å². The predicted molar refractivity (Wildman–Crippen MR) is 82.6 cm³/mol. The molecule has 0 radical (unpaired) electrons. The van der Waals surface area contributed by atoms with Crippen LogP contribution in [-0.2, 0) is 6.42 Å². The second-order valence-corrected chi connectivity index (χ2v) is 5.85. The van der Waals surface area contributed by atoms with E-state index in [1.807, 2.05) is 24.3 Å². The summed E-state index contributed by atoms with van der Waals surface area (Å²) in [6.45, 7) is 6.48. The van der Waals surface area contributed by atoms with Crippen molar-refractivity contribution in [2.24, 2.45) is 11.7 Å². The molecule has 1 aromatic carbocycles. The van der Waals surface area contributed by atoms with Crippen molar-refractivity contribution in [3.63, 3.8) is 0 Å². The molecule has 0 saturated carbocycles. The fourth-order valence-electron chi connectivity index (χ4n) is 2.43. The van der Waals surface area contributed by atoms with Crippen molar-refractivity contribution in [1.82, 2.24) is 4.90 Å². The lowest BCUT2D eigenvalue weighted by Gasteiger charge is -2.15. The minimum absolute atomic E-state index is 0.525. The Balaban J connectivity index is 1.72. The molecule has 3 nitrogen and oxygen atoms in total. The minimum atomic E-state index is 0.525. The highest BCUT2D eigenvalue weighted by Gasteiger charge is 2.17. The van der Waals surface area contributed by atoms with Crippen molar-refractivity contribution in [1.29, 1.82) is 0 Å². The highest BCUT2D eigenvalue weighted by atomic mass is 32.1. The Bertz CT molecular complexity index is 419. The van der Waals surface area contributed by atoms with E-state index in [2.05, 4.69) is 11.8 Å². The standard InChI is InChI=1S/C15H22N2OS/c1-12-6-7-17(11-12)8-9-18-14-4-2-13(3-5-14)10-15(16)19/h2-5,12H,6-11H2,1H3,(H2,16,19). The highest BCUT2D eigenvalue weighted by molar-refractivity contribution is 7.80. The molecule has 1 unspecified atom stereocenters. The molecular formula is C15H22N2OS. The summed E-state index contributed by atoms with van der Waals surface area (Å²) in [6.07, 6.45) is 1.97. The summed E-state index contributed by atoms with van der Waals surface area (Å²) in [7, 11) is 0. The number of hydrogen-bond donors (Lipinski definition) is 1. The zero-order chi connectivity index (χ0) is 13.7. The lowest BCUT2D eigenvalue weighted by atomic mass is 10.1. The van der Waals surface area contributed by atoms with Crippen LogP contribution in [-0.4, -0.2) is 36.1 Å². The molecule has 0 aromatic heterocycles. The molecule has 104 valence electrons. The van der Waals surface area contributed by atoms with E-state index >= 15 is 0 Å². The van der Waals surface area contributed by atoms with Crippen LogP contribution in [0.3, 0.4) is 0 Å². The van der Waals surface area contributed by atoms with Crippen LogP contribution in [0, 0.1) is 5.92 Å². The van der Waals surface area contributed by atoms with Crippen LogP contribution in [0.25, 0.3) is 0 Å². The van der Waals surface area contributed by atoms with E-state index in [1.165, 1.54) is 19.5 Å². The number of nitrogens with zero attached hydrogens (tertiary/aromatic N) is 1. The first-order valence-corrected chi connectivity index (χ1v) is 7.26. The summed E-state index contributed by atoms with van der Waals surface area (Å²) in [5.74, 6) is 1.75. The molecule has 2 rings (SSSR count). The smallest absolute Gasteiger partial charge is 0.119 e.